The second-order valence-corrected chi connectivity index (χ2v) is 8.02. The van der Waals surface area contributed by atoms with E-state index < -0.39 is 5.41 Å². The molecule has 1 fully saturated rings. The molecule has 2 amide bonds. The lowest BCUT2D eigenvalue weighted by Crippen LogP contribution is -2.54. The molecule has 28 heavy (non-hydrogen) atoms. The molecule has 1 saturated heterocycles. The number of nitrogens with one attached hydrogen (secondary N) is 1. The van der Waals surface area contributed by atoms with Crippen LogP contribution in [0.5, 0.6) is 0 Å². The third-order valence-corrected chi connectivity index (χ3v) is 5.46. The first-order chi connectivity index (χ1) is 13.4. The second-order valence-electron chi connectivity index (χ2n) is 7.61. The van der Waals surface area contributed by atoms with Gasteiger partial charge in [-0.3, -0.25) is 14.5 Å². The van der Waals surface area contributed by atoms with Gasteiger partial charge in [0.1, 0.15) is 5.41 Å². The Kier molecular flexibility index (Phi) is 6.37. The summed E-state index contributed by atoms with van der Waals surface area (Å²) in [4.78, 5) is 29.9. The highest BCUT2D eigenvalue weighted by molar-refractivity contribution is 6.33. The van der Waals surface area contributed by atoms with Crippen molar-refractivity contribution in [3.05, 3.63) is 65.2 Å². The van der Waals surface area contributed by atoms with Gasteiger partial charge in [-0.05, 0) is 31.5 Å². The van der Waals surface area contributed by atoms with Crippen LogP contribution in [-0.4, -0.2) is 47.8 Å². The van der Waals surface area contributed by atoms with Crippen molar-refractivity contribution < 1.29 is 9.59 Å². The minimum Gasteiger partial charge on any atom is -0.339 e. The van der Waals surface area contributed by atoms with Gasteiger partial charge < -0.3 is 10.2 Å². The molecule has 0 aromatic heterocycles. The molecule has 0 spiro atoms. The number of hydrogen-bond donors (Lipinski definition) is 1. The van der Waals surface area contributed by atoms with E-state index in [2.05, 4.69) is 22.3 Å². The van der Waals surface area contributed by atoms with Crippen LogP contribution in [0, 0.1) is 5.41 Å². The first kappa shape index (κ1) is 20.4. The summed E-state index contributed by atoms with van der Waals surface area (Å²) >= 11 is 6.11. The molecule has 3 rings (SSSR count). The summed E-state index contributed by atoms with van der Waals surface area (Å²) in [5.41, 5.74) is 0.616. The van der Waals surface area contributed by atoms with Crippen LogP contribution < -0.4 is 5.32 Å². The highest BCUT2D eigenvalue weighted by Gasteiger charge is 2.40. The summed E-state index contributed by atoms with van der Waals surface area (Å²) in [6.45, 7) is 7.03. The fourth-order valence-corrected chi connectivity index (χ4v) is 3.47. The van der Waals surface area contributed by atoms with Crippen molar-refractivity contribution in [2.75, 3.05) is 31.5 Å². The molecular weight excluding hydrogens is 374 g/mol. The second kappa shape index (κ2) is 8.76. The van der Waals surface area contributed by atoms with E-state index in [1.165, 1.54) is 5.56 Å². The Morgan fingerprint density at radius 1 is 0.964 bits per heavy atom. The van der Waals surface area contributed by atoms with Gasteiger partial charge in [0.2, 0.25) is 11.8 Å². The van der Waals surface area contributed by atoms with E-state index in [9.17, 15) is 9.59 Å². The molecule has 0 atom stereocenters. The molecule has 2 aromatic carbocycles. The molecule has 0 unspecified atom stereocenters. The summed E-state index contributed by atoms with van der Waals surface area (Å²) in [5, 5.41) is 3.24. The van der Waals surface area contributed by atoms with Gasteiger partial charge in [-0.15, -0.1) is 0 Å². The summed E-state index contributed by atoms with van der Waals surface area (Å²) in [6.07, 6.45) is 0. The molecule has 0 radical (unpaired) electrons. The minimum absolute atomic E-state index is 0.156. The molecule has 0 saturated carbocycles. The highest BCUT2D eigenvalue weighted by atomic mass is 35.5. The van der Waals surface area contributed by atoms with Gasteiger partial charge in [0.25, 0.3) is 0 Å². The Balaban J connectivity index is 1.57. The molecule has 0 aliphatic carbocycles. The summed E-state index contributed by atoms with van der Waals surface area (Å²) < 4.78 is 0. The third-order valence-electron chi connectivity index (χ3n) is 5.13. The summed E-state index contributed by atoms with van der Waals surface area (Å²) in [7, 11) is 0. The van der Waals surface area contributed by atoms with E-state index in [0.717, 1.165) is 19.6 Å². The van der Waals surface area contributed by atoms with Gasteiger partial charge in [-0.1, -0.05) is 54.1 Å². The average molecular weight is 400 g/mol. The van der Waals surface area contributed by atoms with Crippen LogP contribution in [-0.2, 0) is 16.1 Å². The molecule has 148 valence electrons. The number of para-hydroxylation sites is 1. The number of carbonyl (C=O) groups excluding carboxylic acids is 2. The monoisotopic (exact) mass is 399 g/mol. The number of anilines is 1. The van der Waals surface area contributed by atoms with E-state index in [1.54, 1.807) is 43.0 Å². The lowest BCUT2D eigenvalue weighted by molar-refractivity contribution is -0.147. The zero-order valence-corrected chi connectivity index (χ0v) is 17.1. The maximum atomic E-state index is 13.0. The van der Waals surface area contributed by atoms with Gasteiger partial charge in [0.15, 0.2) is 0 Å². The summed E-state index contributed by atoms with van der Waals surface area (Å²) in [5.74, 6) is -0.506. The van der Waals surface area contributed by atoms with Crippen LogP contribution in [0.1, 0.15) is 19.4 Å². The lowest BCUT2D eigenvalue weighted by atomic mass is 9.89. The van der Waals surface area contributed by atoms with Crippen LogP contribution in [0.2, 0.25) is 5.02 Å². The number of nitrogens with zero attached hydrogens (tertiary/aromatic N) is 2. The summed E-state index contributed by atoms with van der Waals surface area (Å²) in [6, 6.07) is 17.3. The smallest absolute Gasteiger partial charge is 0.239 e. The lowest BCUT2D eigenvalue weighted by Gasteiger charge is -2.38. The van der Waals surface area contributed by atoms with Crippen LogP contribution in [0.15, 0.2) is 54.6 Å². The fraction of sp³-hybridized carbons (Fsp3) is 0.364. The normalized spacial score (nSPS) is 15.3. The third kappa shape index (κ3) is 4.72. The van der Waals surface area contributed by atoms with Gasteiger partial charge in [-0.25, -0.2) is 0 Å². The average Bonchev–Trinajstić information content (AvgIpc) is 2.70. The molecule has 6 heteroatoms. The predicted octanol–water partition coefficient (Wildman–Crippen LogP) is 3.65. The predicted molar refractivity (Wildman–Crippen MR) is 112 cm³/mol. The number of piperazine rings is 1. The first-order valence-electron chi connectivity index (χ1n) is 9.49. The largest absolute Gasteiger partial charge is 0.339 e. The van der Waals surface area contributed by atoms with E-state index >= 15 is 0 Å². The fourth-order valence-electron chi connectivity index (χ4n) is 3.28. The van der Waals surface area contributed by atoms with E-state index in [0.29, 0.717) is 23.8 Å². The SMILES string of the molecule is CC(C)(C(=O)Nc1ccccc1Cl)C(=O)N1CCN(Cc2ccccc2)CC1. The topological polar surface area (TPSA) is 52.7 Å². The van der Waals surface area contributed by atoms with Crippen molar-refractivity contribution in [1.29, 1.82) is 0 Å². The van der Waals surface area contributed by atoms with Crippen molar-refractivity contribution >= 4 is 29.1 Å². The van der Waals surface area contributed by atoms with Gasteiger partial charge in [0.05, 0.1) is 10.7 Å². The maximum absolute atomic E-state index is 13.0. The zero-order chi connectivity index (χ0) is 20.1. The Bertz CT molecular complexity index is 831. The number of rotatable bonds is 5. The van der Waals surface area contributed by atoms with Crippen molar-refractivity contribution in [2.45, 2.75) is 20.4 Å². The van der Waals surface area contributed by atoms with Crippen molar-refractivity contribution in [3.8, 4) is 0 Å². The molecule has 1 aliphatic rings. The van der Waals surface area contributed by atoms with Gasteiger partial charge in [0, 0.05) is 32.7 Å². The Morgan fingerprint density at radius 2 is 1.57 bits per heavy atom. The molecule has 0 bridgehead atoms. The number of amides is 2. The molecule has 5 nitrogen and oxygen atoms in total. The first-order valence-corrected chi connectivity index (χ1v) is 9.87. The van der Waals surface area contributed by atoms with Crippen molar-refractivity contribution in [3.63, 3.8) is 0 Å². The van der Waals surface area contributed by atoms with Crippen molar-refractivity contribution in [2.24, 2.45) is 5.41 Å². The standard InChI is InChI=1S/C22H26ClN3O2/c1-22(2,20(27)24-19-11-7-6-10-18(19)23)21(28)26-14-12-25(13-15-26)16-17-8-4-3-5-9-17/h3-11H,12-16H2,1-2H3,(H,24,27). The molecule has 1 heterocycles. The van der Waals surface area contributed by atoms with Crippen LogP contribution >= 0.6 is 11.6 Å². The van der Waals surface area contributed by atoms with Gasteiger partial charge >= 0.3 is 0 Å². The van der Waals surface area contributed by atoms with Crippen LogP contribution in [0.3, 0.4) is 0 Å². The van der Waals surface area contributed by atoms with Crippen LogP contribution in [0.25, 0.3) is 0 Å². The van der Waals surface area contributed by atoms with E-state index in [1.807, 2.05) is 18.2 Å². The number of carbonyl (C=O) groups is 2. The number of halogens is 1. The maximum Gasteiger partial charge on any atom is 0.239 e. The van der Waals surface area contributed by atoms with Crippen LogP contribution in [0.4, 0.5) is 5.69 Å². The van der Waals surface area contributed by atoms with E-state index in [4.69, 9.17) is 11.6 Å². The number of benzene rings is 2. The number of hydrogen-bond acceptors (Lipinski definition) is 3. The molecule has 2 aromatic rings. The van der Waals surface area contributed by atoms with E-state index in [-0.39, 0.29) is 11.8 Å². The van der Waals surface area contributed by atoms with Gasteiger partial charge in [-0.2, -0.15) is 0 Å². The minimum atomic E-state index is -1.17. The molecule has 1 N–H and O–H groups in total. The quantitative estimate of drug-likeness (QED) is 0.781. The Labute approximate surface area is 171 Å². The Hall–Kier alpha value is -2.37. The Morgan fingerprint density at radius 3 is 2.21 bits per heavy atom. The zero-order valence-electron chi connectivity index (χ0n) is 16.3. The highest BCUT2D eigenvalue weighted by Crippen LogP contribution is 2.26. The molecule has 1 aliphatic heterocycles. The molecular formula is C22H26ClN3O2. The van der Waals surface area contributed by atoms with Crippen molar-refractivity contribution in [1.82, 2.24) is 9.80 Å².